The average molecular weight is 348 g/mol. The SMILES string of the molecule is CC[N+](CC)(Cc1ccccc1)CP(=O)(O)OCc1ccccc1. The van der Waals surface area contributed by atoms with Gasteiger partial charge in [-0.1, -0.05) is 60.7 Å². The van der Waals surface area contributed by atoms with E-state index in [9.17, 15) is 9.46 Å². The van der Waals surface area contributed by atoms with Gasteiger partial charge in [0.2, 0.25) is 0 Å². The Kier molecular flexibility index (Phi) is 6.76. The maximum Gasteiger partial charge on any atom is 0.382 e. The summed E-state index contributed by atoms with van der Waals surface area (Å²) in [7, 11) is -3.68. The summed E-state index contributed by atoms with van der Waals surface area (Å²) in [6, 6.07) is 19.6. The molecular formula is C19H27NO3P+. The van der Waals surface area contributed by atoms with Crippen molar-refractivity contribution in [2.45, 2.75) is 27.0 Å². The molecule has 2 aromatic rings. The van der Waals surface area contributed by atoms with E-state index in [-0.39, 0.29) is 12.9 Å². The van der Waals surface area contributed by atoms with Crippen LogP contribution in [0.4, 0.5) is 0 Å². The summed E-state index contributed by atoms with van der Waals surface area (Å²) >= 11 is 0. The summed E-state index contributed by atoms with van der Waals surface area (Å²) in [5.74, 6) is 0. The molecule has 0 spiro atoms. The zero-order valence-electron chi connectivity index (χ0n) is 14.5. The van der Waals surface area contributed by atoms with Crippen LogP contribution in [0.1, 0.15) is 25.0 Å². The summed E-state index contributed by atoms with van der Waals surface area (Å²) < 4.78 is 18.6. The first-order valence-electron chi connectivity index (χ1n) is 8.38. The average Bonchev–Trinajstić information content (AvgIpc) is 2.61. The molecule has 0 heterocycles. The van der Waals surface area contributed by atoms with E-state index >= 15 is 0 Å². The third kappa shape index (κ3) is 5.57. The van der Waals surface area contributed by atoms with E-state index in [1.54, 1.807) is 0 Å². The summed E-state index contributed by atoms with van der Waals surface area (Å²) in [6.45, 7) is 6.57. The molecule has 24 heavy (non-hydrogen) atoms. The van der Waals surface area contributed by atoms with Crippen LogP contribution in [0.25, 0.3) is 0 Å². The minimum Gasteiger partial charge on any atom is -0.320 e. The number of hydrogen-bond donors (Lipinski definition) is 1. The summed E-state index contributed by atoms with van der Waals surface area (Å²) in [5.41, 5.74) is 2.07. The third-order valence-electron chi connectivity index (χ3n) is 4.46. The fourth-order valence-electron chi connectivity index (χ4n) is 2.84. The Bertz CT molecular complexity index is 657. The maximum atomic E-state index is 12.6. The molecule has 1 unspecified atom stereocenters. The van der Waals surface area contributed by atoms with Gasteiger partial charge in [-0.05, 0) is 19.4 Å². The molecule has 0 fully saturated rings. The third-order valence-corrected chi connectivity index (χ3v) is 5.95. The fourth-order valence-corrected chi connectivity index (χ4v) is 4.53. The smallest absolute Gasteiger partial charge is 0.320 e. The number of nitrogens with zero attached hydrogens (tertiary/aromatic N) is 1. The monoisotopic (exact) mass is 348 g/mol. The standard InChI is InChI=1S/C19H26NO3P/c1-3-20(4-2,15-18-11-7-5-8-12-18)17-24(21,22)23-16-19-13-9-6-10-14-19/h5-14H,3-4,15-17H2,1-2H3/p+1. The lowest BCUT2D eigenvalue weighted by molar-refractivity contribution is -0.928. The van der Waals surface area contributed by atoms with Crippen LogP contribution in [0, 0.1) is 0 Å². The number of rotatable bonds is 9. The van der Waals surface area contributed by atoms with Gasteiger partial charge in [0.15, 0.2) is 6.29 Å². The Morgan fingerprint density at radius 2 is 1.42 bits per heavy atom. The van der Waals surface area contributed by atoms with Gasteiger partial charge in [-0.2, -0.15) is 0 Å². The number of benzene rings is 2. The molecule has 2 rings (SSSR count). The van der Waals surface area contributed by atoms with E-state index in [4.69, 9.17) is 4.52 Å². The van der Waals surface area contributed by atoms with Crippen molar-refractivity contribution in [3.8, 4) is 0 Å². The van der Waals surface area contributed by atoms with Crippen molar-refractivity contribution in [2.24, 2.45) is 0 Å². The Labute approximate surface area is 144 Å². The molecule has 0 saturated heterocycles. The Morgan fingerprint density at radius 1 is 0.917 bits per heavy atom. The van der Waals surface area contributed by atoms with Gasteiger partial charge < -0.3 is 9.38 Å². The van der Waals surface area contributed by atoms with Gasteiger partial charge in [0.05, 0.1) is 19.7 Å². The fraction of sp³-hybridized carbons (Fsp3) is 0.368. The molecule has 2 aromatic carbocycles. The molecule has 0 aromatic heterocycles. The quantitative estimate of drug-likeness (QED) is 0.540. The zero-order chi connectivity index (χ0) is 17.5. The van der Waals surface area contributed by atoms with Crippen LogP contribution in [-0.2, 0) is 22.2 Å². The lowest BCUT2D eigenvalue weighted by Gasteiger charge is -2.37. The second kappa shape index (κ2) is 8.59. The predicted molar refractivity (Wildman–Crippen MR) is 97.4 cm³/mol. The Balaban J connectivity index is 2.06. The first kappa shape index (κ1) is 18.9. The van der Waals surface area contributed by atoms with Gasteiger partial charge in [0, 0.05) is 5.56 Å². The van der Waals surface area contributed by atoms with Gasteiger partial charge in [0.25, 0.3) is 0 Å². The van der Waals surface area contributed by atoms with E-state index < -0.39 is 7.60 Å². The van der Waals surface area contributed by atoms with Gasteiger partial charge >= 0.3 is 7.60 Å². The van der Waals surface area contributed by atoms with Crippen LogP contribution in [0.5, 0.6) is 0 Å². The zero-order valence-corrected chi connectivity index (χ0v) is 15.4. The normalized spacial score (nSPS) is 14.3. The second-order valence-electron chi connectivity index (χ2n) is 6.16. The number of quaternary nitrogens is 1. The van der Waals surface area contributed by atoms with E-state index in [0.29, 0.717) is 4.48 Å². The molecular weight excluding hydrogens is 321 g/mol. The topological polar surface area (TPSA) is 46.5 Å². The highest BCUT2D eigenvalue weighted by molar-refractivity contribution is 7.52. The van der Waals surface area contributed by atoms with Gasteiger partial charge in [0.1, 0.15) is 6.54 Å². The maximum absolute atomic E-state index is 12.6. The summed E-state index contributed by atoms with van der Waals surface area (Å²) in [4.78, 5) is 10.4. The molecule has 5 heteroatoms. The van der Waals surface area contributed by atoms with Crippen LogP contribution < -0.4 is 0 Å². The molecule has 4 nitrogen and oxygen atoms in total. The van der Waals surface area contributed by atoms with Crippen molar-refractivity contribution < 1.29 is 18.5 Å². The largest absolute Gasteiger partial charge is 0.382 e. The first-order chi connectivity index (χ1) is 11.5. The van der Waals surface area contributed by atoms with Gasteiger partial charge in [-0.3, -0.25) is 9.09 Å². The predicted octanol–water partition coefficient (Wildman–Crippen LogP) is 4.40. The molecule has 0 saturated carbocycles. The molecule has 130 valence electrons. The molecule has 0 radical (unpaired) electrons. The number of hydrogen-bond acceptors (Lipinski definition) is 2. The lowest BCUT2D eigenvalue weighted by atomic mass is 10.2. The minimum absolute atomic E-state index is 0.127. The molecule has 0 aliphatic heterocycles. The molecule has 0 aliphatic carbocycles. The molecule has 1 N–H and O–H groups in total. The molecule has 1 atom stereocenters. The summed E-state index contributed by atoms with van der Waals surface area (Å²) in [5, 5.41) is 0. The second-order valence-corrected chi connectivity index (χ2v) is 7.97. The van der Waals surface area contributed by atoms with Crippen molar-refractivity contribution in [1.29, 1.82) is 0 Å². The van der Waals surface area contributed by atoms with Gasteiger partial charge in [-0.15, -0.1) is 0 Å². The Hall–Kier alpha value is -1.45. The highest BCUT2D eigenvalue weighted by Crippen LogP contribution is 2.46. The van der Waals surface area contributed by atoms with E-state index in [2.05, 4.69) is 26.0 Å². The van der Waals surface area contributed by atoms with Crippen molar-refractivity contribution in [3.63, 3.8) is 0 Å². The summed E-state index contributed by atoms with van der Waals surface area (Å²) in [6.07, 6.45) is 0.127. The van der Waals surface area contributed by atoms with E-state index in [1.165, 1.54) is 5.56 Å². The Morgan fingerprint density at radius 3 is 1.92 bits per heavy atom. The van der Waals surface area contributed by atoms with E-state index in [1.807, 2.05) is 48.5 Å². The minimum atomic E-state index is -3.68. The molecule has 0 aliphatic rings. The van der Waals surface area contributed by atoms with Gasteiger partial charge in [-0.25, -0.2) is 0 Å². The van der Waals surface area contributed by atoms with Crippen LogP contribution >= 0.6 is 7.60 Å². The van der Waals surface area contributed by atoms with Crippen molar-refractivity contribution >= 4 is 7.60 Å². The van der Waals surface area contributed by atoms with Crippen molar-refractivity contribution in [2.75, 3.05) is 19.4 Å². The first-order valence-corrected chi connectivity index (χ1v) is 10.1. The highest BCUT2D eigenvalue weighted by Gasteiger charge is 2.35. The van der Waals surface area contributed by atoms with Crippen LogP contribution in [0.3, 0.4) is 0 Å². The van der Waals surface area contributed by atoms with Crippen LogP contribution in [0.15, 0.2) is 60.7 Å². The van der Waals surface area contributed by atoms with Crippen molar-refractivity contribution in [1.82, 2.24) is 0 Å². The van der Waals surface area contributed by atoms with Crippen molar-refractivity contribution in [3.05, 3.63) is 71.8 Å². The highest BCUT2D eigenvalue weighted by atomic mass is 31.2. The van der Waals surface area contributed by atoms with E-state index in [0.717, 1.165) is 25.2 Å². The van der Waals surface area contributed by atoms with Crippen LogP contribution in [-0.4, -0.2) is 28.8 Å². The van der Waals surface area contributed by atoms with Crippen LogP contribution in [0.2, 0.25) is 0 Å². The molecule has 0 bridgehead atoms. The lowest BCUT2D eigenvalue weighted by Crippen LogP contribution is -2.47. The molecule has 0 amide bonds.